The molecule has 2 heterocycles. The third-order valence-electron chi connectivity index (χ3n) is 2.45. The van der Waals surface area contributed by atoms with Crippen molar-refractivity contribution >= 4 is 33.9 Å². The van der Waals surface area contributed by atoms with Crippen LogP contribution in [0.3, 0.4) is 0 Å². The summed E-state index contributed by atoms with van der Waals surface area (Å²) in [6.45, 7) is 4.24. The van der Waals surface area contributed by atoms with Gasteiger partial charge in [-0.25, -0.2) is 0 Å². The lowest BCUT2D eigenvalue weighted by atomic mass is 10.3. The van der Waals surface area contributed by atoms with Crippen molar-refractivity contribution in [3.8, 4) is 11.5 Å². The number of nitrogens with zero attached hydrogens (tertiary/aromatic N) is 2. The van der Waals surface area contributed by atoms with Crippen LogP contribution < -0.4 is 5.32 Å². The number of thiophene rings is 1. The number of aromatic nitrogens is 2. The Morgan fingerprint density at radius 1 is 1.39 bits per heavy atom. The molecule has 4 nitrogen and oxygen atoms in total. The molecular formula is C12H16IN3OS. The zero-order valence-electron chi connectivity index (χ0n) is 10.3. The lowest BCUT2D eigenvalue weighted by Crippen LogP contribution is -2.16. The first-order valence-corrected chi connectivity index (χ1v) is 8.03. The van der Waals surface area contributed by atoms with Gasteiger partial charge in [-0.2, -0.15) is 0 Å². The highest BCUT2D eigenvalue weighted by molar-refractivity contribution is 14.1. The molecular weight excluding hydrogens is 361 g/mol. The molecule has 0 radical (unpaired) electrons. The van der Waals surface area contributed by atoms with Crippen LogP contribution in [0.25, 0.3) is 11.5 Å². The van der Waals surface area contributed by atoms with Crippen molar-refractivity contribution in [2.75, 3.05) is 13.1 Å². The fourth-order valence-corrected chi connectivity index (χ4v) is 2.88. The topological polar surface area (TPSA) is 51.0 Å². The van der Waals surface area contributed by atoms with Crippen LogP contribution in [0.2, 0.25) is 0 Å². The van der Waals surface area contributed by atoms with E-state index in [1.54, 1.807) is 11.3 Å². The Morgan fingerprint density at radius 3 is 3.00 bits per heavy atom. The van der Waals surface area contributed by atoms with Crippen molar-refractivity contribution in [3.05, 3.63) is 20.2 Å². The van der Waals surface area contributed by atoms with E-state index < -0.39 is 0 Å². The van der Waals surface area contributed by atoms with Gasteiger partial charge in [0.1, 0.15) is 0 Å². The van der Waals surface area contributed by atoms with Crippen molar-refractivity contribution in [3.63, 3.8) is 0 Å². The summed E-state index contributed by atoms with van der Waals surface area (Å²) in [6, 6.07) is 2.06. The van der Waals surface area contributed by atoms with E-state index in [9.17, 15) is 0 Å². The number of nitrogens with one attached hydrogen (secondary N) is 1. The predicted molar refractivity (Wildman–Crippen MR) is 81.8 cm³/mol. The van der Waals surface area contributed by atoms with Gasteiger partial charge in [0.2, 0.25) is 11.8 Å². The normalized spacial score (nSPS) is 11.0. The van der Waals surface area contributed by atoms with Crippen molar-refractivity contribution in [2.45, 2.75) is 26.2 Å². The molecule has 0 fully saturated rings. The van der Waals surface area contributed by atoms with Crippen molar-refractivity contribution in [1.82, 2.24) is 15.5 Å². The molecule has 18 heavy (non-hydrogen) atoms. The molecule has 6 heteroatoms. The molecule has 1 N–H and O–H groups in total. The Kier molecular flexibility index (Phi) is 5.58. The summed E-state index contributed by atoms with van der Waals surface area (Å²) >= 11 is 3.97. The fraction of sp³-hybridized carbons (Fsp3) is 0.500. The van der Waals surface area contributed by atoms with E-state index in [0.717, 1.165) is 37.4 Å². The van der Waals surface area contributed by atoms with Gasteiger partial charge in [-0.1, -0.05) is 6.92 Å². The van der Waals surface area contributed by atoms with Crippen LogP contribution in [-0.4, -0.2) is 23.3 Å². The van der Waals surface area contributed by atoms with Gasteiger partial charge in [-0.05, 0) is 54.6 Å². The molecule has 0 aliphatic rings. The van der Waals surface area contributed by atoms with Crippen LogP contribution >= 0.6 is 33.9 Å². The van der Waals surface area contributed by atoms with E-state index in [1.165, 1.54) is 9.30 Å². The predicted octanol–water partition coefficient (Wildman–Crippen LogP) is 3.33. The zero-order chi connectivity index (χ0) is 12.8. The van der Waals surface area contributed by atoms with Crippen molar-refractivity contribution in [1.29, 1.82) is 0 Å². The molecule has 2 aromatic rings. The second-order valence-electron chi connectivity index (χ2n) is 3.99. The quantitative estimate of drug-likeness (QED) is 0.594. The monoisotopic (exact) mass is 377 g/mol. The van der Waals surface area contributed by atoms with Gasteiger partial charge in [-0.15, -0.1) is 21.5 Å². The summed E-state index contributed by atoms with van der Waals surface area (Å²) < 4.78 is 6.87. The molecule has 98 valence electrons. The second-order valence-corrected chi connectivity index (χ2v) is 6.80. The first-order valence-electron chi connectivity index (χ1n) is 6.07. The number of halogens is 1. The third kappa shape index (κ3) is 4.03. The summed E-state index contributed by atoms with van der Waals surface area (Å²) in [4.78, 5) is 0. The molecule has 0 aliphatic heterocycles. The number of aryl methyl sites for hydroxylation is 1. The Morgan fingerprint density at radius 2 is 2.28 bits per heavy atom. The zero-order valence-corrected chi connectivity index (χ0v) is 13.3. The first kappa shape index (κ1) is 14.0. The molecule has 0 amide bonds. The summed E-state index contributed by atoms with van der Waals surface area (Å²) in [5, 5.41) is 13.6. The maximum Gasteiger partial charge on any atom is 0.248 e. The number of hydrogen-bond acceptors (Lipinski definition) is 5. The van der Waals surface area contributed by atoms with E-state index in [4.69, 9.17) is 4.42 Å². The Hall–Kier alpha value is -0.470. The Labute approximate surface area is 124 Å². The largest absolute Gasteiger partial charge is 0.421 e. The third-order valence-corrected chi connectivity index (χ3v) is 4.24. The minimum atomic E-state index is 0.630. The molecule has 2 rings (SSSR count). The van der Waals surface area contributed by atoms with Gasteiger partial charge >= 0.3 is 0 Å². The average molecular weight is 377 g/mol. The van der Waals surface area contributed by atoms with E-state index in [1.807, 2.05) is 5.38 Å². The average Bonchev–Trinajstić information content (AvgIpc) is 2.97. The van der Waals surface area contributed by atoms with Gasteiger partial charge in [-0.3, -0.25) is 0 Å². The standard InChI is InChI=1S/C12H16IN3OS/c1-2-5-14-6-3-4-11-15-16-12(17-11)9-7-10(13)18-8-9/h7-8,14H,2-6H2,1H3. The number of rotatable bonds is 7. The SMILES string of the molecule is CCCNCCCc1nnc(-c2csc(I)c2)o1. The molecule has 0 aromatic carbocycles. The van der Waals surface area contributed by atoms with E-state index >= 15 is 0 Å². The summed E-state index contributed by atoms with van der Waals surface area (Å²) in [5.74, 6) is 1.36. The molecule has 2 aromatic heterocycles. The molecule has 0 saturated heterocycles. The summed E-state index contributed by atoms with van der Waals surface area (Å²) in [7, 11) is 0. The van der Waals surface area contributed by atoms with Gasteiger partial charge < -0.3 is 9.73 Å². The maximum absolute atomic E-state index is 5.64. The van der Waals surface area contributed by atoms with E-state index in [-0.39, 0.29) is 0 Å². The van der Waals surface area contributed by atoms with E-state index in [0.29, 0.717) is 5.89 Å². The molecule has 0 atom stereocenters. The second kappa shape index (κ2) is 7.20. The summed E-state index contributed by atoms with van der Waals surface area (Å²) in [6.07, 6.45) is 3.04. The molecule has 0 unspecified atom stereocenters. The van der Waals surface area contributed by atoms with Crippen molar-refractivity contribution in [2.24, 2.45) is 0 Å². The number of hydrogen-bond donors (Lipinski definition) is 1. The van der Waals surface area contributed by atoms with Crippen LogP contribution in [0.4, 0.5) is 0 Å². The lowest BCUT2D eigenvalue weighted by molar-refractivity contribution is 0.491. The molecule has 0 aliphatic carbocycles. The minimum absolute atomic E-state index is 0.630. The lowest BCUT2D eigenvalue weighted by Gasteiger charge is -1.99. The van der Waals surface area contributed by atoms with Crippen LogP contribution in [-0.2, 0) is 6.42 Å². The Balaban J connectivity index is 1.83. The van der Waals surface area contributed by atoms with Gasteiger partial charge in [0.05, 0.1) is 8.45 Å². The van der Waals surface area contributed by atoms with Crippen LogP contribution in [0.1, 0.15) is 25.7 Å². The van der Waals surface area contributed by atoms with Crippen LogP contribution in [0.5, 0.6) is 0 Å². The molecule has 0 bridgehead atoms. The van der Waals surface area contributed by atoms with Crippen LogP contribution in [0, 0.1) is 2.88 Å². The Bertz CT molecular complexity index is 483. The molecule has 0 spiro atoms. The van der Waals surface area contributed by atoms with Gasteiger partial charge in [0.15, 0.2) is 0 Å². The maximum atomic E-state index is 5.64. The minimum Gasteiger partial charge on any atom is -0.421 e. The van der Waals surface area contributed by atoms with Crippen molar-refractivity contribution < 1.29 is 4.42 Å². The van der Waals surface area contributed by atoms with E-state index in [2.05, 4.69) is 51.1 Å². The summed E-state index contributed by atoms with van der Waals surface area (Å²) in [5.41, 5.74) is 1.02. The highest BCUT2D eigenvalue weighted by Gasteiger charge is 2.09. The molecule has 0 saturated carbocycles. The highest BCUT2D eigenvalue weighted by Crippen LogP contribution is 2.25. The fourth-order valence-electron chi connectivity index (χ4n) is 1.56. The highest BCUT2D eigenvalue weighted by atomic mass is 127. The van der Waals surface area contributed by atoms with Gasteiger partial charge in [0.25, 0.3) is 0 Å². The smallest absolute Gasteiger partial charge is 0.248 e. The van der Waals surface area contributed by atoms with Gasteiger partial charge in [0, 0.05) is 11.8 Å². The van der Waals surface area contributed by atoms with Crippen LogP contribution in [0.15, 0.2) is 15.9 Å². The first-order chi connectivity index (χ1) is 8.79.